The zero-order chi connectivity index (χ0) is 7.28. The van der Waals surface area contributed by atoms with Crippen molar-refractivity contribution < 1.29 is 14.6 Å². The van der Waals surface area contributed by atoms with E-state index in [1.165, 1.54) is 0 Å². The summed E-state index contributed by atoms with van der Waals surface area (Å²) in [7, 11) is 0. The average Bonchev–Trinajstić information content (AvgIpc) is 1.83. The molecular formula is C6H12O3. The largest absolute Gasteiger partial charge is 0.463 e. The van der Waals surface area contributed by atoms with Crippen molar-refractivity contribution in [1.82, 2.24) is 0 Å². The standard InChI is InChI=1S/C6H12O3/c1-3-6(8)9-4-5(2)7/h5,7H,3-4H2,1-2H3/t5-/m1/s1. The first-order valence-electron chi connectivity index (χ1n) is 3.00. The van der Waals surface area contributed by atoms with Crippen molar-refractivity contribution in [2.75, 3.05) is 6.61 Å². The second kappa shape index (κ2) is 4.32. The predicted molar refractivity (Wildman–Crippen MR) is 32.9 cm³/mol. The van der Waals surface area contributed by atoms with Gasteiger partial charge < -0.3 is 9.84 Å². The Morgan fingerprint density at radius 1 is 1.78 bits per heavy atom. The lowest BCUT2D eigenvalue weighted by molar-refractivity contribution is -0.145. The molecule has 0 saturated carbocycles. The zero-order valence-electron chi connectivity index (χ0n) is 5.76. The maximum absolute atomic E-state index is 10.4. The molecule has 3 nitrogen and oxygen atoms in total. The first-order chi connectivity index (χ1) is 4.16. The molecule has 0 aromatic rings. The van der Waals surface area contributed by atoms with Crippen LogP contribution in [0.2, 0.25) is 0 Å². The zero-order valence-corrected chi connectivity index (χ0v) is 5.76. The maximum atomic E-state index is 10.4. The Morgan fingerprint density at radius 3 is 2.67 bits per heavy atom. The molecule has 0 spiro atoms. The third-order valence-corrected chi connectivity index (χ3v) is 0.774. The van der Waals surface area contributed by atoms with Gasteiger partial charge >= 0.3 is 5.97 Å². The van der Waals surface area contributed by atoms with Gasteiger partial charge in [-0.25, -0.2) is 0 Å². The average molecular weight is 132 g/mol. The minimum Gasteiger partial charge on any atom is -0.463 e. The van der Waals surface area contributed by atoms with Crippen LogP contribution in [0.4, 0.5) is 0 Å². The highest BCUT2D eigenvalue weighted by Gasteiger charge is 1.99. The number of carbonyl (C=O) groups is 1. The van der Waals surface area contributed by atoms with Gasteiger partial charge in [0.1, 0.15) is 6.61 Å². The first-order valence-corrected chi connectivity index (χ1v) is 3.00. The van der Waals surface area contributed by atoms with Crippen LogP contribution in [0, 0.1) is 0 Å². The fraction of sp³-hybridized carbons (Fsp3) is 0.833. The van der Waals surface area contributed by atoms with Gasteiger partial charge in [0, 0.05) is 6.42 Å². The highest BCUT2D eigenvalue weighted by atomic mass is 16.5. The topological polar surface area (TPSA) is 46.5 Å². The normalized spacial score (nSPS) is 12.8. The van der Waals surface area contributed by atoms with Crippen molar-refractivity contribution in [2.45, 2.75) is 26.4 Å². The van der Waals surface area contributed by atoms with Gasteiger partial charge in [0.25, 0.3) is 0 Å². The highest BCUT2D eigenvalue weighted by molar-refractivity contribution is 5.68. The number of carbonyl (C=O) groups excluding carboxylic acids is 1. The molecule has 1 atom stereocenters. The summed E-state index contributed by atoms with van der Waals surface area (Å²) in [5.74, 6) is -0.268. The summed E-state index contributed by atoms with van der Waals surface area (Å²) in [6.07, 6.45) is -0.187. The van der Waals surface area contributed by atoms with Crippen LogP contribution in [-0.2, 0) is 9.53 Å². The van der Waals surface area contributed by atoms with E-state index < -0.39 is 6.10 Å². The van der Waals surface area contributed by atoms with Gasteiger partial charge in [0.05, 0.1) is 6.10 Å². The SMILES string of the molecule is CCC(=O)OC[C@@H](C)O. The van der Waals surface area contributed by atoms with E-state index in [4.69, 9.17) is 5.11 Å². The van der Waals surface area contributed by atoms with Crippen molar-refractivity contribution in [3.63, 3.8) is 0 Å². The van der Waals surface area contributed by atoms with E-state index in [1.54, 1.807) is 13.8 Å². The van der Waals surface area contributed by atoms with Crippen molar-refractivity contribution in [1.29, 1.82) is 0 Å². The molecule has 0 unspecified atom stereocenters. The fourth-order valence-corrected chi connectivity index (χ4v) is 0.316. The number of aliphatic hydroxyl groups excluding tert-OH is 1. The molecule has 0 amide bonds. The van der Waals surface area contributed by atoms with Gasteiger partial charge in [0.2, 0.25) is 0 Å². The van der Waals surface area contributed by atoms with E-state index in [0.29, 0.717) is 6.42 Å². The molecule has 0 rings (SSSR count). The Balaban J connectivity index is 3.17. The van der Waals surface area contributed by atoms with Gasteiger partial charge in [-0.1, -0.05) is 6.92 Å². The summed E-state index contributed by atoms with van der Waals surface area (Å²) in [5, 5.41) is 8.62. The summed E-state index contributed by atoms with van der Waals surface area (Å²) in [5.41, 5.74) is 0. The second-order valence-electron chi connectivity index (χ2n) is 1.89. The molecule has 0 bridgehead atoms. The maximum Gasteiger partial charge on any atom is 0.305 e. The number of hydrogen-bond donors (Lipinski definition) is 1. The third-order valence-electron chi connectivity index (χ3n) is 0.774. The minimum atomic E-state index is -0.555. The van der Waals surface area contributed by atoms with E-state index in [9.17, 15) is 4.79 Å². The number of aliphatic hydroxyl groups is 1. The minimum absolute atomic E-state index is 0.104. The van der Waals surface area contributed by atoms with E-state index in [0.717, 1.165) is 0 Å². The molecule has 0 fully saturated rings. The van der Waals surface area contributed by atoms with Gasteiger partial charge in [-0.3, -0.25) is 4.79 Å². The fourth-order valence-electron chi connectivity index (χ4n) is 0.316. The number of rotatable bonds is 3. The van der Waals surface area contributed by atoms with Gasteiger partial charge in [-0.15, -0.1) is 0 Å². The number of ether oxygens (including phenoxy) is 1. The van der Waals surface area contributed by atoms with Crippen molar-refractivity contribution >= 4 is 5.97 Å². The summed E-state index contributed by atoms with van der Waals surface area (Å²) in [6.45, 7) is 3.39. The summed E-state index contributed by atoms with van der Waals surface area (Å²) in [4.78, 5) is 10.4. The van der Waals surface area contributed by atoms with Gasteiger partial charge in [-0.2, -0.15) is 0 Å². The molecule has 0 aliphatic rings. The smallest absolute Gasteiger partial charge is 0.305 e. The molecular weight excluding hydrogens is 120 g/mol. The van der Waals surface area contributed by atoms with E-state index in [2.05, 4.69) is 4.74 Å². The van der Waals surface area contributed by atoms with Crippen LogP contribution in [0.15, 0.2) is 0 Å². The number of hydrogen-bond acceptors (Lipinski definition) is 3. The van der Waals surface area contributed by atoms with E-state index in [1.807, 2.05) is 0 Å². The molecule has 0 radical (unpaired) electrons. The first kappa shape index (κ1) is 8.43. The number of esters is 1. The monoisotopic (exact) mass is 132 g/mol. The van der Waals surface area contributed by atoms with Crippen molar-refractivity contribution in [2.24, 2.45) is 0 Å². The molecule has 0 aromatic heterocycles. The molecule has 1 N–H and O–H groups in total. The summed E-state index contributed by atoms with van der Waals surface area (Å²) in [6, 6.07) is 0. The molecule has 0 aromatic carbocycles. The third kappa shape index (κ3) is 5.30. The Hall–Kier alpha value is -0.570. The molecule has 9 heavy (non-hydrogen) atoms. The Morgan fingerprint density at radius 2 is 2.33 bits per heavy atom. The van der Waals surface area contributed by atoms with Gasteiger partial charge in [0.15, 0.2) is 0 Å². The van der Waals surface area contributed by atoms with Crippen LogP contribution in [-0.4, -0.2) is 23.8 Å². The van der Waals surface area contributed by atoms with Crippen molar-refractivity contribution in [3.8, 4) is 0 Å². The van der Waals surface area contributed by atoms with Crippen LogP contribution in [0.1, 0.15) is 20.3 Å². The Kier molecular flexibility index (Phi) is 4.05. The Labute approximate surface area is 54.6 Å². The lowest BCUT2D eigenvalue weighted by Gasteiger charge is -2.03. The van der Waals surface area contributed by atoms with E-state index in [-0.39, 0.29) is 12.6 Å². The van der Waals surface area contributed by atoms with Crippen LogP contribution in [0.5, 0.6) is 0 Å². The van der Waals surface area contributed by atoms with Crippen molar-refractivity contribution in [3.05, 3.63) is 0 Å². The molecule has 54 valence electrons. The predicted octanol–water partition coefficient (Wildman–Crippen LogP) is 0.320. The quantitative estimate of drug-likeness (QED) is 0.562. The molecule has 0 heterocycles. The molecule has 0 aliphatic heterocycles. The second-order valence-corrected chi connectivity index (χ2v) is 1.89. The van der Waals surface area contributed by atoms with Crippen LogP contribution in [0.3, 0.4) is 0 Å². The van der Waals surface area contributed by atoms with Gasteiger partial charge in [-0.05, 0) is 6.92 Å². The highest BCUT2D eigenvalue weighted by Crippen LogP contribution is 1.86. The Bertz CT molecular complexity index is 88.3. The summed E-state index contributed by atoms with van der Waals surface area (Å²) < 4.78 is 4.56. The van der Waals surface area contributed by atoms with Crippen LogP contribution < -0.4 is 0 Å². The van der Waals surface area contributed by atoms with Crippen LogP contribution in [0.25, 0.3) is 0 Å². The summed E-state index contributed by atoms with van der Waals surface area (Å²) >= 11 is 0. The lowest BCUT2D eigenvalue weighted by atomic mass is 10.4. The molecule has 0 saturated heterocycles. The van der Waals surface area contributed by atoms with E-state index >= 15 is 0 Å². The molecule has 3 heteroatoms. The van der Waals surface area contributed by atoms with Crippen LogP contribution >= 0.6 is 0 Å². The lowest BCUT2D eigenvalue weighted by Crippen LogP contribution is -2.14. The molecule has 0 aliphatic carbocycles.